The zero-order valence-corrected chi connectivity index (χ0v) is 19.1. The Morgan fingerprint density at radius 1 is 1.03 bits per heavy atom. The van der Waals surface area contributed by atoms with Gasteiger partial charge in [0.05, 0.1) is 12.8 Å². The molecule has 1 aromatic heterocycles. The van der Waals surface area contributed by atoms with Gasteiger partial charge in [0, 0.05) is 37.8 Å². The molecule has 2 fully saturated rings. The van der Waals surface area contributed by atoms with E-state index in [0.29, 0.717) is 0 Å². The number of amides is 1. The van der Waals surface area contributed by atoms with Crippen molar-refractivity contribution in [3.63, 3.8) is 0 Å². The normalized spacial score (nSPS) is 18.1. The number of carbonyl (C=O) groups is 1. The standard InChI is InChI=1S/C25H29N3O2S/c1-17-23(25(29)28-13-11-27(12-14-28)21-5-3-4-6-21)31-24(26-17)20-8-7-19-16-22(30-2)10-9-18(19)15-20/h7-10,15-16,21H,3-6,11-14H2,1-2H3. The highest BCUT2D eigenvalue weighted by Crippen LogP contribution is 2.32. The fourth-order valence-corrected chi connectivity index (χ4v) is 5.94. The van der Waals surface area contributed by atoms with Crippen LogP contribution in [-0.2, 0) is 0 Å². The van der Waals surface area contributed by atoms with Crippen molar-refractivity contribution in [2.45, 2.75) is 38.6 Å². The second-order valence-corrected chi connectivity index (χ2v) is 9.63. The zero-order chi connectivity index (χ0) is 21.4. The van der Waals surface area contributed by atoms with Crippen LogP contribution in [0.1, 0.15) is 41.0 Å². The Morgan fingerprint density at radius 3 is 2.48 bits per heavy atom. The number of ether oxygens (including phenoxy) is 1. The first-order valence-corrected chi connectivity index (χ1v) is 12.0. The van der Waals surface area contributed by atoms with Crippen LogP contribution in [0.25, 0.3) is 21.3 Å². The van der Waals surface area contributed by atoms with Crippen LogP contribution in [0, 0.1) is 6.92 Å². The molecule has 6 heteroatoms. The van der Waals surface area contributed by atoms with Crippen molar-refractivity contribution in [1.29, 1.82) is 0 Å². The van der Waals surface area contributed by atoms with Gasteiger partial charge in [-0.2, -0.15) is 0 Å². The van der Waals surface area contributed by atoms with Gasteiger partial charge in [-0.05, 0) is 48.7 Å². The number of nitrogens with zero attached hydrogens (tertiary/aromatic N) is 3. The molecule has 1 amide bonds. The summed E-state index contributed by atoms with van der Waals surface area (Å²) in [4.78, 5) is 23.4. The highest BCUT2D eigenvalue weighted by Gasteiger charge is 2.29. The molecule has 2 aliphatic rings. The summed E-state index contributed by atoms with van der Waals surface area (Å²) in [6.07, 6.45) is 5.36. The number of methoxy groups -OCH3 is 1. The van der Waals surface area contributed by atoms with Gasteiger partial charge in [0.1, 0.15) is 15.6 Å². The molecule has 0 spiro atoms. The Bertz CT molecular complexity index is 1100. The summed E-state index contributed by atoms with van der Waals surface area (Å²) in [6, 6.07) is 13.1. The Labute approximate surface area is 187 Å². The number of rotatable bonds is 4. The number of hydrogen-bond donors (Lipinski definition) is 0. The molecule has 0 N–H and O–H groups in total. The average molecular weight is 436 g/mol. The largest absolute Gasteiger partial charge is 0.497 e. The molecule has 1 saturated heterocycles. The summed E-state index contributed by atoms with van der Waals surface area (Å²) in [7, 11) is 1.68. The van der Waals surface area contributed by atoms with Crippen molar-refractivity contribution in [3.8, 4) is 16.3 Å². The van der Waals surface area contributed by atoms with Crippen LogP contribution in [0.5, 0.6) is 5.75 Å². The van der Waals surface area contributed by atoms with Gasteiger partial charge in [-0.3, -0.25) is 9.69 Å². The second kappa shape index (κ2) is 8.60. The lowest BCUT2D eigenvalue weighted by atomic mass is 10.1. The number of hydrogen-bond acceptors (Lipinski definition) is 5. The number of aromatic nitrogens is 1. The summed E-state index contributed by atoms with van der Waals surface area (Å²) in [5.41, 5.74) is 1.88. The van der Waals surface area contributed by atoms with Gasteiger partial charge in [0.25, 0.3) is 5.91 Å². The van der Waals surface area contributed by atoms with Crippen LogP contribution in [-0.4, -0.2) is 60.0 Å². The highest BCUT2D eigenvalue weighted by atomic mass is 32.1. The molecule has 5 rings (SSSR count). The highest BCUT2D eigenvalue weighted by molar-refractivity contribution is 7.17. The average Bonchev–Trinajstić information content (AvgIpc) is 3.48. The minimum atomic E-state index is 0.137. The fraction of sp³-hybridized carbons (Fsp3) is 0.440. The van der Waals surface area contributed by atoms with E-state index in [1.165, 1.54) is 37.0 Å². The molecule has 5 nitrogen and oxygen atoms in total. The third-order valence-electron chi connectivity index (χ3n) is 6.73. The van der Waals surface area contributed by atoms with Gasteiger partial charge in [-0.15, -0.1) is 11.3 Å². The predicted molar refractivity (Wildman–Crippen MR) is 126 cm³/mol. The van der Waals surface area contributed by atoms with E-state index in [4.69, 9.17) is 9.72 Å². The third-order valence-corrected chi connectivity index (χ3v) is 7.92. The molecule has 0 unspecified atom stereocenters. The SMILES string of the molecule is COc1ccc2cc(-c3nc(C)c(C(=O)N4CCN(C5CCCC5)CC4)s3)ccc2c1. The summed E-state index contributed by atoms with van der Waals surface area (Å²) >= 11 is 1.52. The molecule has 162 valence electrons. The van der Waals surface area contributed by atoms with E-state index in [1.54, 1.807) is 7.11 Å². The van der Waals surface area contributed by atoms with Crippen molar-refractivity contribution in [3.05, 3.63) is 47.0 Å². The fourth-order valence-electron chi connectivity index (χ4n) is 4.91. The van der Waals surface area contributed by atoms with Crippen LogP contribution >= 0.6 is 11.3 Å². The molecule has 1 saturated carbocycles. The van der Waals surface area contributed by atoms with Gasteiger partial charge < -0.3 is 9.64 Å². The molecule has 2 aromatic carbocycles. The maximum Gasteiger partial charge on any atom is 0.265 e. The van der Waals surface area contributed by atoms with Crippen molar-refractivity contribution < 1.29 is 9.53 Å². The first kappa shape index (κ1) is 20.5. The van der Waals surface area contributed by atoms with E-state index < -0.39 is 0 Å². The topological polar surface area (TPSA) is 45.7 Å². The number of piperazine rings is 1. The molecule has 1 aliphatic heterocycles. The van der Waals surface area contributed by atoms with Crippen LogP contribution in [0.4, 0.5) is 0 Å². The summed E-state index contributed by atoms with van der Waals surface area (Å²) < 4.78 is 5.32. The molecule has 2 heterocycles. The van der Waals surface area contributed by atoms with E-state index in [1.807, 2.05) is 24.0 Å². The Balaban J connectivity index is 1.32. The summed E-state index contributed by atoms with van der Waals surface area (Å²) in [5.74, 6) is 0.990. The van der Waals surface area contributed by atoms with Gasteiger partial charge in [0.2, 0.25) is 0 Å². The molecule has 0 radical (unpaired) electrons. The summed E-state index contributed by atoms with van der Waals surface area (Å²) in [6.45, 7) is 5.58. The monoisotopic (exact) mass is 435 g/mol. The number of fused-ring (bicyclic) bond motifs is 1. The lowest BCUT2D eigenvalue weighted by molar-refractivity contribution is 0.0577. The third kappa shape index (κ3) is 4.06. The number of aryl methyl sites for hydroxylation is 1. The van der Waals surface area contributed by atoms with Crippen LogP contribution in [0.2, 0.25) is 0 Å². The number of thiazole rings is 1. The van der Waals surface area contributed by atoms with Crippen molar-refractivity contribution in [1.82, 2.24) is 14.8 Å². The van der Waals surface area contributed by atoms with Crippen LogP contribution in [0.15, 0.2) is 36.4 Å². The van der Waals surface area contributed by atoms with Crippen LogP contribution in [0.3, 0.4) is 0 Å². The molecular weight excluding hydrogens is 406 g/mol. The Hall–Kier alpha value is -2.44. The minimum Gasteiger partial charge on any atom is -0.497 e. The van der Waals surface area contributed by atoms with E-state index >= 15 is 0 Å². The lowest BCUT2D eigenvalue weighted by Crippen LogP contribution is -2.51. The molecule has 0 bridgehead atoms. The summed E-state index contributed by atoms with van der Waals surface area (Å²) in [5, 5.41) is 3.18. The van der Waals surface area contributed by atoms with Gasteiger partial charge in [0.15, 0.2) is 0 Å². The van der Waals surface area contributed by atoms with E-state index in [9.17, 15) is 4.79 Å². The molecule has 1 aliphatic carbocycles. The first-order chi connectivity index (χ1) is 15.1. The zero-order valence-electron chi connectivity index (χ0n) is 18.3. The molecule has 31 heavy (non-hydrogen) atoms. The second-order valence-electron chi connectivity index (χ2n) is 8.63. The van der Waals surface area contributed by atoms with Crippen molar-refractivity contribution in [2.24, 2.45) is 0 Å². The van der Waals surface area contributed by atoms with Gasteiger partial charge in [-0.1, -0.05) is 31.0 Å². The first-order valence-electron chi connectivity index (χ1n) is 11.2. The molecular formula is C25H29N3O2S. The number of carbonyl (C=O) groups excluding carboxylic acids is 1. The van der Waals surface area contributed by atoms with E-state index in [-0.39, 0.29) is 5.91 Å². The van der Waals surface area contributed by atoms with E-state index in [0.717, 1.165) is 69.9 Å². The minimum absolute atomic E-state index is 0.137. The van der Waals surface area contributed by atoms with Gasteiger partial charge in [-0.25, -0.2) is 4.98 Å². The van der Waals surface area contributed by atoms with Gasteiger partial charge >= 0.3 is 0 Å². The quantitative estimate of drug-likeness (QED) is 0.580. The lowest BCUT2D eigenvalue weighted by Gasteiger charge is -2.37. The Kier molecular flexibility index (Phi) is 5.67. The van der Waals surface area contributed by atoms with E-state index in [2.05, 4.69) is 29.2 Å². The van der Waals surface area contributed by atoms with Crippen LogP contribution < -0.4 is 4.74 Å². The maximum absolute atomic E-state index is 13.2. The molecule has 3 aromatic rings. The number of benzene rings is 2. The maximum atomic E-state index is 13.2. The molecule has 0 atom stereocenters. The van der Waals surface area contributed by atoms with Crippen molar-refractivity contribution >= 4 is 28.0 Å². The Morgan fingerprint density at radius 2 is 1.74 bits per heavy atom. The van der Waals surface area contributed by atoms with Crippen molar-refractivity contribution in [2.75, 3.05) is 33.3 Å². The smallest absolute Gasteiger partial charge is 0.265 e. The predicted octanol–water partition coefficient (Wildman–Crippen LogP) is 4.98.